The molecule has 174 valence electrons. The van der Waals surface area contributed by atoms with E-state index in [9.17, 15) is 14.7 Å². The van der Waals surface area contributed by atoms with Gasteiger partial charge in [-0.15, -0.1) is 0 Å². The normalized spacial score (nSPS) is 21.3. The number of nitrogens with zero attached hydrogens (tertiary/aromatic N) is 1. The van der Waals surface area contributed by atoms with E-state index in [1.807, 2.05) is 12.1 Å². The second-order valence-electron chi connectivity index (χ2n) is 8.15. The molecule has 1 aliphatic carbocycles. The second kappa shape index (κ2) is 8.88. The summed E-state index contributed by atoms with van der Waals surface area (Å²) in [7, 11) is -4.06. The van der Waals surface area contributed by atoms with Crippen LogP contribution in [-0.4, -0.2) is 23.4 Å². The Bertz CT molecular complexity index is 1220. The smallest absolute Gasteiger partial charge is 0.438 e. The van der Waals surface area contributed by atoms with E-state index in [1.165, 1.54) is 0 Å². The van der Waals surface area contributed by atoms with E-state index in [2.05, 4.69) is 6.58 Å². The molecule has 1 saturated carbocycles. The van der Waals surface area contributed by atoms with Crippen LogP contribution in [0.5, 0.6) is 23.0 Å². The third kappa shape index (κ3) is 4.13. The second-order valence-corrected chi connectivity index (χ2v) is 10.1. The van der Waals surface area contributed by atoms with Gasteiger partial charge in [0.05, 0.1) is 5.92 Å². The van der Waals surface area contributed by atoms with Gasteiger partial charge >= 0.3 is 7.60 Å². The van der Waals surface area contributed by atoms with Crippen molar-refractivity contribution in [3.8, 4) is 23.0 Å². The molecule has 0 N–H and O–H groups in total. The number of hydrogen-bond acceptors (Lipinski definition) is 7. The summed E-state index contributed by atoms with van der Waals surface area (Å²) in [4.78, 5) is 11.7. The van der Waals surface area contributed by atoms with Gasteiger partial charge in [0.2, 0.25) is 12.8 Å². The van der Waals surface area contributed by atoms with Gasteiger partial charge in [-0.1, -0.05) is 54.6 Å². The number of hydrogen-bond donors (Lipinski definition) is 0. The van der Waals surface area contributed by atoms with Gasteiger partial charge in [-0.05, 0) is 42.0 Å². The Hall–Kier alpha value is -3.77. The summed E-state index contributed by atoms with van der Waals surface area (Å²) in [5, 5.41) is 12.1. The average Bonchev–Trinajstić information content (AvgIpc) is 3.44. The summed E-state index contributed by atoms with van der Waals surface area (Å²) in [6, 6.07) is 21.4. The number of rotatable bonds is 7. The first-order valence-corrected chi connectivity index (χ1v) is 12.4. The minimum absolute atomic E-state index is 0.0526. The fourth-order valence-electron chi connectivity index (χ4n) is 4.52. The van der Waals surface area contributed by atoms with Crippen molar-refractivity contribution in [3.63, 3.8) is 0 Å². The quantitative estimate of drug-likeness (QED) is 0.182. The number of ether oxygens (including phenoxy) is 2. The lowest BCUT2D eigenvalue weighted by Crippen LogP contribution is -2.29. The molecule has 0 amide bonds. The van der Waals surface area contributed by atoms with Crippen molar-refractivity contribution < 1.29 is 28.0 Å². The van der Waals surface area contributed by atoms with Crippen LogP contribution in [0, 0.1) is 10.1 Å². The lowest BCUT2D eigenvalue weighted by atomic mass is 9.93. The van der Waals surface area contributed by atoms with Crippen molar-refractivity contribution >= 4 is 7.60 Å². The molecule has 1 heterocycles. The molecular weight excluding hydrogens is 457 g/mol. The van der Waals surface area contributed by atoms with Gasteiger partial charge in [-0.3, -0.25) is 10.1 Å². The van der Waals surface area contributed by atoms with E-state index in [0.717, 1.165) is 0 Å². The van der Waals surface area contributed by atoms with Crippen molar-refractivity contribution in [3.05, 3.63) is 107 Å². The zero-order valence-corrected chi connectivity index (χ0v) is 19.0. The SMILES string of the molecule is C=C1C[C@@H]([N+](=O)[O-])[C@H](c2ccc3c(c2)OCO3)[C@@H]1P(=O)(Oc1ccccc1)Oc1ccccc1. The largest absolute Gasteiger partial charge is 0.454 e. The molecule has 9 heteroatoms. The van der Waals surface area contributed by atoms with Gasteiger partial charge in [-0.2, -0.15) is 0 Å². The first-order chi connectivity index (χ1) is 16.4. The molecule has 1 aliphatic heterocycles. The van der Waals surface area contributed by atoms with Crippen LogP contribution in [0.3, 0.4) is 0 Å². The van der Waals surface area contributed by atoms with Crippen molar-refractivity contribution in [2.45, 2.75) is 24.0 Å². The highest BCUT2D eigenvalue weighted by Crippen LogP contribution is 2.63. The first kappa shape index (κ1) is 22.0. The molecule has 3 aromatic rings. The van der Waals surface area contributed by atoms with E-state index in [-0.39, 0.29) is 18.1 Å². The maximum Gasteiger partial charge on any atom is 0.438 e. The zero-order chi connectivity index (χ0) is 23.7. The highest BCUT2D eigenvalue weighted by Gasteiger charge is 2.58. The van der Waals surface area contributed by atoms with Crippen LogP contribution in [0.25, 0.3) is 0 Å². The lowest BCUT2D eigenvalue weighted by Gasteiger charge is -2.29. The van der Waals surface area contributed by atoms with Crippen LogP contribution in [0.2, 0.25) is 0 Å². The van der Waals surface area contributed by atoms with Crippen LogP contribution < -0.4 is 18.5 Å². The molecule has 8 nitrogen and oxygen atoms in total. The molecule has 0 unspecified atom stereocenters. The van der Waals surface area contributed by atoms with Crippen LogP contribution in [0.1, 0.15) is 17.9 Å². The predicted molar refractivity (Wildman–Crippen MR) is 125 cm³/mol. The number of nitro groups is 1. The van der Waals surface area contributed by atoms with Gasteiger partial charge in [0.15, 0.2) is 11.5 Å². The standard InChI is InChI=1S/C25H22NO7P/c1-17-14-21(26(27)28)24(18-12-13-22-23(15-18)31-16-30-22)25(17)34(29,32-19-8-4-2-5-9-19)33-20-10-6-3-7-11-20/h2-13,15,21,24-25H,1,14,16H2/t21-,24+,25-/m1/s1. The molecule has 0 spiro atoms. The molecule has 34 heavy (non-hydrogen) atoms. The monoisotopic (exact) mass is 479 g/mol. The minimum Gasteiger partial charge on any atom is -0.454 e. The fourth-order valence-corrected chi connectivity index (χ4v) is 6.93. The fraction of sp³-hybridized carbons (Fsp3) is 0.200. The highest BCUT2D eigenvalue weighted by atomic mass is 31.2. The highest BCUT2D eigenvalue weighted by molar-refractivity contribution is 7.55. The van der Waals surface area contributed by atoms with Crippen LogP contribution in [0.4, 0.5) is 0 Å². The van der Waals surface area contributed by atoms with Crippen LogP contribution in [0.15, 0.2) is 91.0 Å². The first-order valence-electron chi connectivity index (χ1n) is 10.7. The topological polar surface area (TPSA) is 97.1 Å². The van der Waals surface area contributed by atoms with E-state index in [1.54, 1.807) is 66.7 Å². The van der Waals surface area contributed by atoms with Gasteiger partial charge in [0.25, 0.3) is 0 Å². The maximum absolute atomic E-state index is 14.6. The summed E-state index contributed by atoms with van der Waals surface area (Å²) in [5.41, 5.74) is 0.0754. The molecule has 0 bridgehead atoms. The molecule has 0 aromatic heterocycles. The number of para-hydroxylation sites is 2. The summed E-state index contributed by atoms with van der Waals surface area (Å²) in [6.07, 6.45) is 0.0526. The molecule has 0 saturated heterocycles. The van der Waals surface area contributed by atoms with E-state index in [4.69, 9.17) is 18.5 Å². The van der Waals surface area contributed by atoms with Crippen molar-refractivity contribution in [1.29, 1.82) is 0 Å². The number of benzene rings is 3. The molecule has 3 atom stereocenters. The summed E-state index contributed by atoms with van der Waals surface area (Å²) < 4.78 is 37.5. The average molecular weight is 479 g/mol. The van der Waals surface area contributed by atoms with Crippen molar-refractivity contribution in [2.75, 3.05) is 6.79 Å². The lowest BCUT2D eigenvalue weighted by molar-refractivity contribution is -0.523. The molecule has 0 radical (unpaired) electrons. The van der Waals surface area contributed by atoms with E-state index < -0.39 is 25.2 Å². The molecular formula is C25H22NO7P. The minimum atomic E-state index is -4.06. The summed E-state index contributed by atoms with van der Waals surface area (Å²) in [5.74, 6) is 0.903. The zero-order valence-electron chi connectivity index (χ0n) is 18.1. The van der Waals surface area contributed by atoms with Crippen molar-refractivity contribution in [2.24, 2.45) is 0 Å². The number of fused-ring (bicyclic) bond motifs is 1. The Kier molecular flexibility index (Phi) is 5.75. The molecule has 5 rings (SSSR count). The molecule has 1 fully saturated rings. The predicted octanol–water partition coefficient (Wildman–Crippen LogP) is 5.82. The third-order valence-electron chi connectivity index (χ3n) is 5.99. The maximum atomic E-state index is 14.6. The summed E-state index contributed by atoms with van der Waals surface area (Å²) >= 11 is 0. The van der Waals surface area contributed by atoms with E-state index in [0.29, 0.717) is 34.1 Å². The Morgan fingerprint density at radius 1 is 0.912 bits per heavy atom. The Balaban J connectivity index is 1.61. The van der Waals surface area contributed by atoms with Crippen LogP contribution >= 0.6 is 7.60 Å². The summed E-state index contributed by atoms with van der Waals surface area (Å²) in [6.45, 7) is 4.15. The molecule has 3 aromatic carbocycles. The third-order valence-corrected chi connectivity index (χ3v) is 8.29. The van der Waals surface area contributed by atoms with Crippen molar-refractivity contribution in [1.82, 2.24) is 0 Å². The molecule has 2 aliphatic rings. The van der Waals surface area contributed by atoms with Gasteiger partial charge in [0.1, 0.15) is 17.2 Å². The van der Waals surface area contributed by atoms with E-state index >= 15 is 0 Å². The van der Waals surface area contributed by atoms with Crippen LogP contribution in [-0.2, 0) is 4.57 Å². The Morgan fingerprint density at radius 2 is 1.50 bits per heavy atom. The van der Waals surface area contributed by atoms with Gasteiger partial charge in [-0.25, -0.2) is 4.57 Å². The van der Waals surface area contributed by atoms with Gasteiger partial charge in [0, 0.05) is 11.3 Å². The Labute approximate surface area is 196 Å². The Morgan fingerprint density at radius 3 is 2.09 bits per heavy atom. The van der Waals surface area contributed by atoms with Gasteiger partial charge < -0.3 is 18.5 Å².